The van der Waals surface area contributed by atoms with E-state index in [-0.39, 0.29) is 24.3 Å². The Morgan fingerprint density at radius 1 is 0.972 bits per heavy atom. The Morgan fingerprint density at radius 3 is 2.11 bits per heavy atom. The van der Waals surface area contributed by atoms with Crippen molar-refractivity contribution in [2.75, 3.05) is 19.1 Å². The van der Waals surface area contributed by atoms with Gasteiger partial charge in [-0.3, -0.25) is 9.59 Å². The van der Waals surface area contributed by atoms with Gasteiger partial charge < -0.3 is 19.7 Å². The number of benzene rings is 3. The number of ether oxygens (including phenoxy) is 2. The lowest BCUT2D eigenvalue weighted by atomic mass is 9.83. The molecule has 3 aromatic carbocycles. The second kappa shape index (κ2) is 11.0. The first kappa shape index (κ1) is 24.8. The molecule has 36 heavy (non-hydrogen) atoms. The predicted octanol–water partition coefficient (Wildman–Crippen LogP) is 4.94. The Kier molecular flexibility index (Phi) is 7.55. The van der Waals surface area contributed by atoms with Crippen LogP contribution in [0.15, 0.2) is 72.8 Å². The van der Waals surface area contributed by atoms with Crippen LogP contribution in [-0.2, 0) is 9.59 Å². The molecule has 0 radical (unpaired) electrons. The fourth-order valence-electron chi connectivity index (χ4n) is 4.65. The van der Waals surface area contributed by atoms with E-state index in [4.69, 9.17) is 14.7 Å². The van der Waals surface area contributed by atoms with Crippen molar-refractivity contribution in [3.63, 3.8) is 0 Å². The van der Waals surface area contributed by atoms with Crippen LogP contribution in [0.25, 0.3) is 0 Å². The number of nitrogens with zero attached hydrogens (tertiary/aromatic N) is 2. The number of anilines is 1. The molecule has 1 fully saturated rings. The van der Waals surface area contributed by atoms with Crippen molar-refractivity contribution in [1.29, 1.82) is 5.26 Å². The van der Waals surface area contributed by atoms with Crippen LogP contribution in [0.2, 0.25) is 0 Å². The van der Waals surface area contributed by atoms with Crippen LogP contribution in [0.3, 0.4) is 0 Å². The first-order valence-corrected chi connectivity index (χ1v) is 11.9. The molecule has 1 N–H and O–H groups in total. The third-order valence-electron chi connectivity index (χ3n) is 6.64. The molecule has 3 aromatic rings. The van der Waals surface area contributed by atoms with Crippen molar-refractivity contribution in [1.82, 2.24) is 5.32 Å². The Hall–Kier alpha value is -4.31. The number of carbonyl (C=O) groups excluding carboxylic acids is 2. The molecule has 2 amide bonds. The van der Waals surface area contributed by atoms with E-state index in [1.807, 2.05) is 67.6 Å². The van der Waals surface area contributed by atoms with Gasteiger partial charge in [-0.15, -0.1) is 0 Å². The summed E-state index contributed by atoms with van der Waals surface area (Å²) in [5, 5.41) is 12.2. The molecule has 184 valence electrons. The number of rotatable bonds is 7. The average Bonchev–Trinajstić information content (AvgIpc) is 2.93. The maximum absolute atomic E-state index is 13.6. The van der Waals surface area contributed by atoms with Gasteiger partial charge in [0.15, 0.2) is 0 Å². The number of hydrogen-bond donors (Lipinski definition) is 1. The molecule has 4 rings (SSSR count). The van der Waals surface area contributed by atoms with E-state index >= 15 is 0 Å². The highest BCUT2D eigenvalue weighted by Crippen LogP contribution is 2.41. The van der Waals surface area contributed by atoms with E-state index in [0.29, 0.717) is 29.2 Å². The van der Waals surface area contributed by atoms with Crippen LogP contribution in [0, 0.1) is 17.2 Å². The van der Waals surface area contributed by atoms with Gasteiger partial charge in [0, 0.05) is 12.1 Å². The van der Waals surface area contributed by atoms with Gasteiger partial charge in [0.05, 0.1) is 43.9 Å². The van der Waals surface area contributed by atoms with Crippen LogP contribution in [0.1, 0.15) is 48.5 Å². The standard InChI is InChI=1S/C29H29N3O4/c1-19(21-6-4-20(18-30)5-7-21)31-29(34)26-16-17-27(33)32(23-10-14-25(36-3)15-11-23)28(26)22-8-12-24(35-2)13-9-22/h4-15,19,26,28H,16-17H2,1-3H3,(H,31,34). The van der Waals surface area contributed by atoms with Gasteiger partial charge in [0.25, 0.3) is 0 Å². The van der Waals surface area contributed by atoms with Gasteiger partial charge in [0.2, 0.25) is 11.8 Å². The Bertz CT molecular complexity index is 1250. The Balaban J connectivity index is 1.67. The molecular formula is C29H29N3O4. The van der Waals surface area contributed by atoms with Crippen molar-refractivity contribution in [2.45, 2.75) is 31.8 Å². The highest BCUT2D eigenvalue weighted by Gasteiger charge is 2.41. The van der Waals surface area contributed by atoms with Gasteiger partial charge in [0.1, 0.15) is 11.5 Å². The van der Waals surface area contributed by atoms with Crippen LogP contribution in [0.5, 0.6) is 11.5 Å². The monoisotopic (exact) mass is 483 g/mol. The normalized spacial score (nSPS) is 18.2. The van der Waals surface area contributed by atoms with Gasteiger partial charge >= 0.3 is 0 Å². The highest BCUT2D eigenvalue weighted by atomic mass is 16.5. The zero-order valence-electron chi connectivity index (χ0n) is 20.6. The minimum atomic E-state index is -0.487. The third-order valence-corrected chi connectivity index (χ3v) is 6.64. The second-order valence-electron chi connectivity index (χ2n) is 8.79. The molecule has 0 aliphatic carbocycles. The summed E-state index contributed by atoms with van der Waals surface area (Å²) in [5.41, 5.74) is 3.03. The van der Waals surface area contributed by atoms with Gasteiger partial charge in [-0.25, -0.2) is 0 Å². The molecule has 0 bridgehead atoms. The molecule has 0 aromatic heterocycles. The summed E-state index contributed by atoms with van der Waals surface area (Å²) in [4.78, 5) is 28.6. The fraction of sp³-hybridized carbons (Fsp3) is 0.276. The van der Waals surface area contributed by atoms with E-state index in [1.54, 1.807) is 31.3 Å². The molecular weight excluding hydrogens is 454 g/mol. The van der Waals surface area contributed by atoms with Crippen LogP contribution in [-0.4, -0.2) is 26.0 Å². The maximum atomic E-state index is 13.6. The SMILES string of the molecule is COc1ccc(C2C(C(=O)NC(C)c3ccc(C#N)cc3)CCC(=O)N2c2ccc(OC)cc2)cc1. The summed E-state index contributed by atoms with van der Waals surface area (Å²) in [5.74, 6) is 0.768. The van der Waals surface area contributed by atoms with Crippen LogP contribution >= 0.6 is 0 Å². The van der Waals surface area contributed by atoms with Crippen molar-refractivity contribution in [3.8, 4) is 17.6 Å². The summed E-state index contributed by atoms with van der Waals surface area (Å²) in [6, 6.07) is 23.3. The number of methoxy groups -OCH3 is 2. The molecule has 1 aliphatic heterocycles. The smallest absolute Gasteiger partial charge is 0.227 e. The molecule has 1 aliphatic rings. The third kappa shape index (κ3) is 5.18. The largest absolute Gasteiger partial charge is 0.497 e. The fourth-order valence-corrected chi connectivity index (χ4v) is 4.65. The minimum Gasteiger partial charge on any atom is -0.497 e. The first-order chi connectivity index (χ1) is 17.4. The van der Waals surface area contributed by atoms with Gasteiger partial charge in [-0.2, -0.15) is 5.26 Å². The van der Waals surface area contributed by atoms with E-state index in [9.17, 15) is 9.59 Å². The summed E-state index contributed by atoms with van der Waals surface area (Å²) in [6.07, 6.45) is 0.704. The summed E-state index contributed by atoms with van der Waals surface area (Å²) >= 11 is 0. The van der Waals surface area contributed by atoms with Crippen molar-refractivity contribution >= 4 is 17.5 Å². The number of amides is 2. The lowest BCUT2D eigenvalue weighted by Crippen LogP contribution is -2.48. The van der Waals surface area contributed by atoms with E-state index in [1.165, 1.54) is 0 Å². The summed E-state index contributed by atoms with van der Waals surface area (Å²) < 4.78 is 10.6. The molecule has 0 spiro atoms. The van der Waals surface area contributed by atoms with Gasteiger partial charge in [-0.05, 0) is 73.0 Å². The topological polar surface area (TPSA) is 91.7 Å². The predicted molar refractivity (Wildman–Crippen MR) is 137 cm³/mol. The zero-order valence-corrected chi connectivity index (χ0v) is 20.6. The Morgan fingerprint density at radius 2 is 1.56 bits per heavy atom. The first-order valence-electron chi connectivity index (χ1n) is 11.9. The second-order valence-corrected chi connectivity index (χ2v) is 8.79. The molecule has 1 heterocycles. The molecule has 7 heteroatoms. The number of nitriles is 1. The van der Waals surface area contributed by atoms with Crippen molar-refractivity contribution in [2.24, 2.45) is 5.92 Å². The van der Waals surface area contributed by atoms with Crippen LogP contribution < -0.4 is 19.7 Å². The molecule has 7 nitrogen and oxygen atoms in total. The van der Waals surface area contributed by atoms with E-state index in [2.05, 4.69) is 11.4 Å². The molecule has 0 saturated carbocycles. The summed E-state index contributed by atoms with van der Waals surface area (Å²) in [7, 11) is 3.19. The van der Waals surface area contributed by atoms with Gasteiger partial charge in [-0.1, -0.05) is 24.3 Å². The number of piperidine rings is 1. The quantitative estimate of drug-likeness (QED) is 0.514. The maximum Gasteiger partial charge on any atom is 0.227 e. The number of nitrogens with one attached hydrogen (secondary N) is 1. The molecule has 3 atom stereocenters. The highest BCUT2D eigenvalue weighted by molar-refractivity contribution is 5.97. The minimum absolute atomic E-state index is 0.0369. The van der Waals surface area contributed by atoms with Crippen LogP contribution in [0.4, 0.5) is 5.69 Å². The molecule has 1 saturated heterocycles. The average molecular weight is 484 g/mol. The van der Waals surface area contributed by atoms with E-state index in [0.717, 1.165) is 11.1 Å². The lowest BCUT2D eigenvalue weighted by Gasteiger charge is -2.41. The number of carbonyl (C=O) groups is 2. The summed E-state index contributed by atoms with van der Waals surface area (Å²) in [6.45, 7) is 1.91. The van der Waals surface area contributed by atoms with Crippen molar-refractivity contribution < 1.29 is 19.1 Å². The Labute approximate surface area is 211 Å². The number of hydrogen-bond acceptors (Lipinski definition) is 5. The van der Waals surface area contributed by atoms with Crippen molar-refractivity contribution in [3.05, 3.63) is 89.5 Å². The zero-order chi connectivity index (χ0) is 25.7. The molecule has 3 unspecified atom stereocenters. The van der Waals surface area contributed by atoms with E-state index < -0.39 is 12.0 Å². The lowest BCUT2D eigenvalue weighted by molar-refractivity contribution is -0.129.